The summed E-state index contributed by atoms with van der Waals surface area (Å²) in [5.74, 6) is 0. The maximum absolute atomic E-state index is 11.4. The third kappa shape index (κ3) is 2.20. The van der Waals surface area contributed by atoms with Crippen molar-refractivity contribution in [3.63, 3.8) is 0 Å². The summed E-state index contributed by atoms with van der Waals surface area (Å²) >= 11 is 3.43. The van der Waals surface area contributed by atoms with E-state index in [1.807, 2.05) is 32.0 Å². The van der Waals surface area contributed by atoms with Crippen molar-refractivity contribution < 1.29 is 9.90 Å². The molecule has 0 fully saturated rings. The van der Waals surface area contributed by atoms with E-state index in [-0.39, 0.29) is 12.6 Å². The highest BCUT2D eigenvalue weighted by atomic mass is 79.9. The number of aliphatic hydroxyl groups excluding tert-OH is 1. The van der Waals surface area contributed by atoms with Gasteiger partial charge in [-0.15, -0.1) is 0 Å². The van der Waals surface area contributed by atoms with Crippen molar-refractivity contribution in [2.75, 3.05) is 0 Å². The van der Waals surface area contributed by atoms with Crippen LogP contribution in [0.4, 0.5) is 0 Å². The lowest BCUT2D eigenvalue weighted by Gasteiger charge is -2.34. The van der Waals surface area contributed by atoms with Crippen LogP contribution in [-0.2, 0) is 11.4 Å². The number of rotatable bonds is 3. The van der Waals surface area contributed by atoms with Crippen molar-refractivity contribution in [1.29, 1.82) is 0 Å². The van der Waals surface area contributed by atoms with Crippen LogP contribution < -0.4 is 0 Å². The van der Waals surface area contributed by atoms with Crippen molar-refractivity contribution in [3.8, 4) is 0 Å². The van der Waals surface area contributed by atoms with Crippen LogP contribution in [0, 0.1) is 0 Å². The van der Waals surface area contributed by atoms with Crippen LogP contribution in [0.2, 0.25) is 0 Å². The van der Waals surface area contributed by atoms with E-state index in [0.717, 1.165) is 23.0 Å². The molecule has 0 aliphatic carbocycles. The highest BCUT2D eigenvalue weighted by Crippen LogP contribution is 2.32. The van der Waals surface area contributed by atoms with Gasteiger partial charge in [0, 0.05) is 11.6 Å². The SMILES string of the molecule is CC(C)N1N=C(Br)c2ccc(CO)cc2C1C=O. The molecule has 96 valence electrons. The van der Waals surface area contributed by atoms with Crippen molar-refractivity contribution in [3.05, 3.63) is 34.9 Å². The number of hydrogen-bond acceptors (Lipinski definition) is 4. The molecular formula is C13H15BrN2O2. The standard InChI is InChI=1S/C13H15BrN2O2/c1-8(2)16-12(7-18)11-5-9(6-17)3-4-10(11)13(14)15-16/h3-5,7-8,12,17H,6H2,1-2H3. The summed E-state index contributed by atoms with van der Waals surface area (Å²) in [5.41, 5.74) is 2.58. The molecule has 1 aliphatic heterocycles. The number of benzene rings is 1. The fourth-order valence-corrected chi connectivity index (χ4v) is 2.62. The Kier molecular flexibility index (Phi) is 3.82. The molecule has 0 aromatic heterocycles. The van der Waals surface area contributed by atoms with Gasteiger partial charge >= 0.3 is 0 Å². The van der Waals surface area contributed by atoms with Crippen molar-refractivity contribution in [1.82, 2.24) is 5.01 Å². The van der Waals surface area contributed by atoms with Crippen molar-refractivity contribution >= 4 is 26.8 Å². The highest BCUT2D eigenvalue weighted by molar-refractivity contribution is 9.18. The van der Waals surface area contributed by atoms with E-state index < -0.39 is 6.04 Å². The molecule has 0 bridgehead atoms. The number of aliphatic hydroxyl groups is 1. The number of halogens is 1. The summed E-state index contributed by atoms with van der Waals surface area (Å²) in [6, 6.07) is 5.30. The smallest absolute Gasteiger partial charge is 0.148 e. The lowest BCUT2D eigenvalue weighted by molar-refractivity contribution is -0.113. The maximum Gasteiger partial charge on any atom is 0.148 e. The Morgan fingerprint density at radius 1 is 1.56 bits per heavy atom. The second kappa shape index (κ2) is 5.20. The van der Waals surface area contributed by atoms with E-state index in [2.05, 4.69) is 21.0 Å². The van der Waals surface area contributed by atoms with Gasteiger partial charge in [0.1, 0.15) is 16.9 Å². The lowest BCUT2D eigenvalue weighted by atomic mass is 9.97. The van der Waals surface area contributed by atoms with Gasteiger partial charge < -0.3 is 9.90 Å². The van der Waals surface area contributed by atoms with Crippen LogP contribution in [-0.4, -0.2) is 27.1 Å². The Bertz CT molecular complexity index is 500. The average Bonchev–Trinajstić information content (AvgIpc) is 2.37. The molecule has 2 rings (SSSR count). The lowest BCUT2D eigenvalue weighted by Crippen LogP contribution is -2.35. The molecule has 1 aromatic rings. The predicted octanol–water partition coefficient (Wildman–Crippen LogP) is 2.20. The molecule has 5 heteroatoms. The molecule has 18 heavy (non-hydrogen) atoms. The molecule has 1 N–H and O–H groups in total. The molecular weight excluding hydrogens is 296 g/mol. The fourth-order valence-electron chi connectivity index (χ4n) is 2.08. The monoisotopic (exact) mass is 310 g/mol. The van der Waals surface area contributed by atoms with Crippen LogP contribution in [0.5, 0.6) is 0 Å². The molecule has 0 radical (unpaired) electrons. The van der Waals surface area contributed by atoms with E-state index in [9.17, 15) is 9.90 Å². The molecule has 1 atom stereocenters. The third-order valence-electron chi connectivity index (χ3n) is 2.99. The molecule has 4 nitrogen and oxygen atoms in total. The average molecular weight is 311 g/mol. The van der Waals surface area contributed by atoms with E-state index in [1.165, 1.54) is 0 Å². The van der Waals surface area contributed by atoms with Gasteiger partial charge in [0.2, 0.25) is 0 Å². The minimum absolute atomic E-state index is 0.0324. The van der Waals surface area contributed by atoms with Crippen LogP contribution in [0.15, 0.2) is 23.3 Å². The number of carbonyl (C=O) groups excluding carboxylic acids is 1. The van der Waals surface area contributed by atoms with E-state index in [1.54, 1.807) is 5.01 Å². The number of aldehydes is 1. The molecule has 0 saturated heterocycles. The zero-order valence-corrected chi connectivity index (χ0v) is 11.9. The van der Waals surface area contributed by atoms with Gasteiger partial charge in [-0.25, -0.2) is 0 Å². The normalized spacial score (nSPS) is 18.6. The summed E-state index contributed by atoms with van der Waals surface area (Å²) in [6.07, 6.45) is 0.892. The Balaban J connectivity index is 2.56. The van der Waals surface area contributed by atoms with E-state index >= 15 is 0 Å². The Hall–Kier alpha value is -1.20. The number of fused-ring (bicyclic) bond motifs is 1. The van der Waals surface area contributed by atoms with Crippen LogP contribution in [0.1, 0.15) is 36.6 Å². The molecule has 1 unspecified atom stereocenters. The third-order valence-corrected chi connectivity index (χ3v) is 3.57. The Morgan fingerprint density at radius 3 is 2.83 bits per heavy atom. The number of hydrazone groups is 1. The summed E-state index contributed by atoms with van der Waals surface area (Å²) in [6.45, 7) is 3.94. The first kappa shape index (κ1) is 13.2. The van der Waals surface area contributed by atoms with E-state index in [0.29, 0.717) is 4.62 Å². The van der Waals surface area contributed by atoms with Gasteiger partial charge in [-0.05, 0) is 40.9 Å². The predicted molar refractivity (Wildman–Crippen MR) is 73.6 cm³/mol. The first-order valence-corrected chi connectivity index (χ1v) is 6.59. The zero-order chi connectivity index (χ0) is 13.3. The zero-order valence-electron chi connectivity index (χ0n) is 10.3. The maximum atomic E-state index is 11.4. The first-order chi connectivity index (χ1) is 8.58. The summed E-state index contributed by atoms with van der Waals surface area (Å²) in [4.78, 5) is 11.4. The molecule has 0 saturated carbocycles. The largest absolute Gasteiger partial charge is 0.392 e. The van der Waals surface area contributed by atoms with Crippen molar-refractivity contribution in [2.24, 2.45) is 5.10 Å². The van der Waals surface area contributed by atoms with Gasteiger partial charge in [-0.3, -0.25) is 5.01 Å². The van der Waals surface area contributed by atoms with Crippen LogP contribution in [0.25, 0.3) is 0 Å². The fraction of sp³-hybridized carbons (Fsp3) is 0.385. The number of carbonyl (C=O) groups is 1. The molecule has 0 spiro atoms. The summed E-state index contributed by atoms with van der Waals surface area (Å²) in [5, 5.41) is 15.4. The van der Waals surface area contributed by atoms with E-state index in [4.69, 9.17) is 0 Å². The van der Waals surface area contributed by atoms with Gasteiger partial charge in [0.05, 0.1) is 6.61 Å². The topological polar surface area (TPSA) is 52.9 Å². The van der Waals surface area contributed by atoms with Gasteiger partial charge in [-0.1, -0.05) is 18.2 Å². The number of hydrogen-bond donors (Lipinski definition) is 1. The minimum atomic E-state index is -0.396. The first-order valence-electron chi connectivity index (χ1n) is 5.80. The van der Waals surface area contributed by atoms with Gasteiger partial charge in [0.15, 0.2) is 0 Å². The summed E-state index contributed by atoms with van der Waals surface area (Å²) < 4.78 is 0.716. The highest BCUT2D eigenvalue weighted by Gasteiger charge is 2.29. The minimum Gasteiger partial charge on any atom is -0.392 e. The Labute approximate surface area is 114 Å². The molecule has 0 amide bonds. The van der Waals surface area contributed by atoms with Crippen LogP contribution in [0.3, 0.4) is 0 Å². The van der Waals surface area contributed by atoms with Crippen LogP contribution >= 0.6 is 15.9 Å². The number of nitrogens with zero attached hydrogens (tertiary/aromatic N) is 2. The molecule has 1 aliphatic rings. The van der Waals surface area contributed by atoms with Gasteiger partial charge in [-0.2, -0.15) is 5.10 Å². The quantitative estimate of drug-likeness (QED) is 0.871. The summed E-state index contributed by atoms with van der Waals surface area (Å²) in [7, 11) is 0. The Morgan fingerprint density at radius 2 is 2.28 bits per heavy atom. The second-order valence-corrected chi connectivity index (χ2v) is 5.28. The van der Waals surface area contributed by atoms with Crippen molar-refractivity contribution in [2.45, 2.75) is 32.5 Å². The second-order valence-electron chi connectivity index (χ2n) is 4.53. The van der Waals surface area contributed by atoms with Gasteiger partial charge in [0.25, 0.3) is 0 Å². The molecule has 1 heterocycles. The molecule has 1 aromatic carbocycles.